The number of alkyl halides is 1. The highest BCUT2D eigenvalue weighted by atomic mass is 19.1. The maximum Gasteiger partial charge on any atom is 0.151 e. The molecule has 5 aliphatic carbocycles. The topological polar surface area (TPSA) is 35.5 Å². The highest BCUT2D eigenvalue weighted by Gasteiger charge is 2.71. The van der Waals surface area contributed by atoms with Crippen molar-refractivity contribution in [3.8, 4) is 0 Å². The highest BCUT2D eigenvalue weighted by Crippen LogP contribution is 2.66. The fourth-order valence-electron chi connectivity index (χ4n) is 10.4. The van der Waals surface area contributed by atoms with Crippen molar-refractivity contribution in [2.75, 3.05) is 13.2 Å². The molecule has 5 saturated carbocycles. The van der Waals surface area contributed by atoms with Crippen LogP contribution in [0.5, 0.6) is 0 Å². The van der Waals surface area contributed by atoms with Gasteiger partial charge in [0.25, 0.3) is 0 Å². The van der Waals surface area contributed by atoms with Crippen molar-refractivity contribution >= 4 is 5.78 Å². The molecule has 2 spiro atoms. The predicted molar refractivity (Wildman–Crippen MR) is 170 cm³/mol. The van der Waals surface area contributed by atoms with Gasteiger partial charge in [-0.2, -0.15) is 0 Å². The lowest BCUT2D eigenvalue weighted by Crippen LogP contribution is -2.69. The Labute approximate surface area is 258 Å². The Morgan fingerprint density at radius 3 is 1.24 bits per heavy atom. The van der Waals surface area contributed by atoms with Crippen molar-refractivity contribution in [2.24, 2.45) is 34.5 Å². The molecule has 5 fully saturated rings. The number of carbonyl (C=O) groups is 1. The van der Waals surface area contributed by atoms with Gasteiger partial charge in [0, 0.05) is 13.2 Å². The lowest BCUT2D eigenvalue weighted by Gasteiger charge is -2.62. The van der Waals surface area contributed by atoms with E-state index in [0.29, 0.717) is 29.8 Å². The van der Waals surface area contributed by atoms with Gasteiger partial charge in [0.05, 0.1) is 23.0 Å². The molecule has 0 saturated heterocycles. The van der Waals surface area contributed by atoms with Crippen LogP contribution in [0.1, 0.15) is 168 Å². The zero-order chi connectivity index (χ0) is 29.4. The van der Waals surface area contributed by atoms with Crippen molar-refractivity contribution in [2.45, 2.75) is 186 Å². The molecule has 0 aromatic heterocycles. The summed E-state index contributed by atoms with van der Waals surface area (Å²) in [5.74, 6) is 3.27. The van der Waals surface area contributed by atoms with Gasteiger partial charge in [0.15, 0.2) is 5.78 Å². The standard InChI is InChI=1S/C38H65FO3/c1-3-5-7-9-27-41-33-15-11-29(12-16-33)31-19-23-37(24-20-31)35(39)38(36(37)40)25-21-32(22-26-38)30-13-17-34(18-14-30)42-28-10-8-6-4-2/h29-35H,3-28H2,1-2H3. The van der Waals surface area contributed by atoms with Crippen LogP contribution in [-0.4, -0.2) is 37.4 Å². The van der Waals surface area contributed by atoms with Crippen LogP contribution in [-0.2, 0) is 14.3 Å². The summed E-state index contributed by atoms with van der Waals surface area (Å²) >= 11 is 0. The number of ketones is 1. The molecule has 0 atom stereocenters. The smallest absolute Gasteiger partial charge is 0.151 e. The van der Waals surface area contributed by atoms with Gasteiger partial charge in [-0.3, -0.25) is 4.79 Å². The van der Waals surface area contributed by atoms with Gasteiger partial charge < -0.3 is 9.47 Å². The van der Waals surface area contributed by atoms with E-state index in [1.807, 2.05) is 0 Å². The third-order valence-corrected chi connectivity index (χ3v) is 13.2. The molecule has 42 heavy (non-hydrogen) atoms. The number of rotatable bonds is 14. The molecule has 5 aliphatic rings. The number of hydrogen-bond acceptors (Lipinski definition) is 3. The normalized spacial score (nSPS) is 40.8. The lowest BCUT2D eigenvalue weighted by molar-refractivity contribution is -0.195. The molecular weight excluding hydrogens is 523 g/mol. The zero-order valence-corrected chi connectivity index (χ0v) is 27.5. The average Bonchev–Trinajstić information content (AvgIpc) is 3.05. The summed E-state index contributed by atoms with van der Waals surface area (Å²) in [6.45, 7) is 6.37. The Morgan fingerprint density at radius 1 is 0.548 bits per heavy atom. The van der Waals surface area contributed by atoms with Crippen LogP contribution in [0.3, 0.4) is 0 Å². The van der Waals surface area contributed by atoms with E-state index in [2.05, 4.69) is 13.8 Å². The molecule has 3 nitrogen and oxygen atoms in total. The van der Waals surface area contributed by atoms with E-state index in [0.717, 1.165) is 76.4 Å². The minimum atomic E-state index is -0.881. The number of ether oxygens (including phenoxy) is 2. The lowest BCUT2D eigenvalue weighted by atomic mass is 9.41. The van der Waals surface area contributed by atoms with Crippen LogP contribution < -0.4 is 0 Å². The molecule has 0 aliphatic heterocycles. The molecule has 0 radical (unpaired) electrons. The van der Waals surface area contributed by atoms with Crippen LogP contribution in [0.2, 0.25) is 0 Å². The molecule has 242 valence electrons. The van der Waals surface area contributed by atoms with Crippen molar-refractivity contribution in [1.82, 2.24) is 0 Å². The number of carbonyl (C=O) groups excluding carboxylic acids is 1. The molecule has 0 aromatic rings. The SMILES string of the molecule is CCCCCCOC1CCC(C2CCC3(CC2)C(=O)C2(CCC(C4CCC(OCCCCCC)CC4)CC2)C3F)CC1. The van der Waals surface area contributed by atoms with Gasteiger partial charge in [0.1, 0.15) is 6.17 Å². The maximum absolute atomic E-state index is 16.2. The summed E-state index contributed by atoms with van der Waals surface area (Å²) in [6, 6.07) is 0. The molecule has 5 rings (SSSR count). The summed E-state index contributed by atoms with van der Waals surface area (Å²) in [5, 5.41) is 0. The number of hydrogen-bond donors (Lipinski definition) is 0. The first-order valence-electron chi connectivity index (χ1n) is 18.9. The molecule has 4 heteroatoms. The van der Waals surface area contributed by atoms with E-state index in [-0.39, 0.29) is 0 Å². The minimum absolute atomic E-state index is 0.347. The highest BCUT2D eigenvalue weighted by molar-refractivity contribution is 5.98. The Bertz CT molecular complexity index is 731. The number of Topliss-reactive ketones (excluding diaryl/α,β-unsaturated/α-hetero) is 1. The second kappa shape index (κ2) is 15.7. The second-order valence-corrected chi connectivity index (χ2v) is 15.6. The molecular formula is C38H65FO3. The van der Waals surface area contributed by atoms with Crippen molar-refractivity contribution in [1.29, 1.82) is 0 Å². The second-order valence-electron chi connectivity index (χ2n) is 15.6. The summed E-state index contributed by atoms with van der Waals surface area (Å²) in [7, 11) is 0. The van der Waals surface area contributed by atoms with Gasteiger partial charge in [-0.1, -0.05) is 52.4 Å². The van der Waals surface area contributed by atoms with E-state index in [4.69, 9.17) is 9.47 Å². The molecule has 0 heterocycles. The van der Waals surface area contributed by atoms with E-state index >= 15 is 4.39 Å². The Hall–Kier alpha value is -0.480. The molecule has 0 bridgehead atoms. The summed E-state index contributed by atoms with van der Waals surface area (Å²) in [4.78, 5) is 13.8. The average molecular weight is 589 g/mol. The maximum atomic E-state index is 16.2. The summed E-state index contributed by atoms with van der Waals surface area (Å²) in [6.07, 6.45) is 27.6. The van der Waals surface area contributed by atoms with Crippen LogP contribution in [0.25, 0.3) is 0 Å². The van der Waals surface area contributed by atoms with Crippen molar-refractivity contribution < 1.29 is 18.7 Å². The van der Waals surface area contributed by atoms with Gasteiger partial charge in [-0.05, 0) is 139 Å². The monoisotopic (exact) mass is 588 g/mol. The molecule has 0 unspecified atom stereocenters. The van der Waals surface area contributed by atoms with Crippen LogP contribution in [0.4, 0.5) is 4.39 Å². The van der Waals surface area contributed by atoms with Gasteiger partial charge in [-0.15, -0.1) is 0 Å². The Balaban J connectivity index is 0.992. The third kappa shape index (κ3) is 7.32. The van der Waals surface area contributed by atoms with Crippen LogP contribution >= 0.6 is 0 Å². The van der Waals surface area contributed by atoms with Crippen LogP contribution in [0.15, 0.2) is 0 Å². The molecule has 0 aromatic carbocycles. The third-order valence-electron chi connectivity index (χ3n) is 13.2. The van der Waals surface area contributed by atoms with Gasteiger partial charge >= 0.3 is 0 Å². The Kier molecular flexibility index (Phi) is 12.3. The van der Waals surface area contributed by atoms with Crippen molar-refractivity contribution in [3.63, 3.8) is 0 Å². The first-order chi connectivity index (χ1) is 20.5. The van der Waals surface area contributed by atoms with E-state index in [9.17, 15) is 4.79 Å². The van der Waals surface area contributed by atoms with Gasteiger partial charge in [-0.25, -0.2) is 4.39 Å². The predicted octanol–water partition coefficient (Wildman–Crippen LogP) is 10.6. The van der Waals surface area contributed by atoms with E-state index in [1.165, 1.54) is 103 Å². The molecule has 0 N–H and O–H groups in total. The first-order valence-corrected chi connectivity index (χ1v) is 18.9. The van der Waals surface area contributed by atoms with E-state index in [1.54, 1.807) is 0 Å². The molecule has 0 amide bonds. The summed E-state index contributed by atoms with van der Waals surface area (Å²) in [5.41, 5.74) is -1.23. The van der Waals surface area contributed by atoms with Crippen molar-refractivity contribution in [3.05, 3.63) is 0 Å². The quantitative estimate of drug-likeness (QED) is 0.189. The first kappa shape index (κ1) is 32.9. The largest absolute Gasteiger partial charge is 0.378 e. The summed E-state index contributed by atoms with van der Waals surface area (Å²) < 4.78 is 28.6. The van der Waals surface area contributed by atoms with Crippen LogP contribution in [0, 0.1) is 34.5 Å². The minimum Gasteiger partial charge on any atom is -0.378 e. The fraction of sp³-hybridized carbons (Fsp3) is 0.974. The fourth-order valence-corrected chi connectivity index (χ4v) is 10.4. The Morgan fingerprint density at radius 2 is 0.905 bits per heavy atom. The zero-order valence-electron chi connectivity index (χ0n) is 27.5. The number of halogens is 1. The van der Waals surface area contributed by atoms with Gasteiger partial charge in [0.2, 0.25) is 0 Å². The van der Waals surface area contributed by atoms with E-state index < -0.39 is 17.0 Å². The number of unbranched alkanes of at least 4 members (excludes halogenated alkanes) is 6.